The molecule has 2 rings (SSSR count). The van der Waals surface area contributed by atoms with E-state index in [-0.39, 0.29) is 0 Å². The Morgan fingerprint density at radius 2 is 2.25 bits per heavy atom. The molecule has 4 heteroatoms. The van der Waals surface area contributed by atoms with Gasteiger partial charge in [-0.05, 0) is 25.7 Å². The Kier molecular flexibility index (Phi) is 3.99. The first kappa shape index (κ1) is 11.6. The number of anilines is 1. The zero-order valence-corrected chi connectivity index (χ0v) is 10.5. The fraction of sp³-hybridized carbons (Fsp3) is 0.667. The molecule has 16 heavy (non-hydrogen) atoms. The quantitative estimate of drug-likeness (QED) is 0.760. The van der Waals surface area contributed by atoms with Gasteiger partial charge in [0, 0.05) is 12.6 Å². The molecule has 2 heterocycles. The Morgan fingerprint density at radius 3 is 2.88 bits per heavy atom. The Bertz CT molecular complexity index is 326. The summed E-state index contributed by atoms with van der Waals surface area (Å²) in [4.78, 5) is 11.1. The van der Waals surface area contributed by atoms with Crippen molar-refractivity contribution in [3.05, 3.63) is 18.1 Å². The van der Waals surface area contributed by atoms with Crippen LogP contribution < -0.4 is 4.90 Å². The monoisotopic (exact) mass is 239 g/mol. The maximum absolute atomic E-state index is 5.70. The van der Waals surface area contributed by atoms with Crippen molar-refractivity contribution in [2.45, 2.75) is 44.5 Å². The smallest absolute Gasteiger partial charge is 0.147 e. The third kappa shape index (κ3) is 2.46. The van der Waals surface area contributed by atoms with Gasteiger partial charge in [0.25, 0.3) is 0 Å². The number of rotatable bonds is 3. The Morgan fingerprint density at radius 1 is 1.38 bits per heavy atom. The SMILES string of the molecule is CCC1CCCCN1c1cnc(CCl)cn1. The zero-order valence-electron chi connectivity index (χ0n) is 9.69. The van der Waals surface area contributed by atoms with Crippen LogP contribution in [-0.4, -0.2) is 22.6 Å². The van der Waals surface area contributed by atoms with Crippen LogP contribution in [0.4, 0.5) is 5.82 Å². The lowest BCUT2D eigenvalue weighted by Gasteiger charge is -2.35. The fourth-order valence-electron chi connectivity index (χ4n) is 2.29. The number of halogens is 1. The highest BCUT2D eigenvalue weighted by molar-refractivity contribution is 6.16. The second-order valence-corrected chi connectivity index (χ2v) is 4.52. The molecular weight excluding hydrogens is 222 g/mol. The molecule has 1 atom stereocenters. The summed E-state index contributed by atoms with van der Waals surface area (Å²) in [7, 11) is 0. The summed E-state index contributed by atoms with van der Waals surface area (Å²) in [6, 6.07) is 0.630. The van der Waals surface area contributed by atoms with Crippen molar-refractivity contribution in [3.8, 4) is 0 Å². The third-order valence-electron chi connectivity index (χ3n) is 3.22. The van der Waals surface area contributed by atoms with Crippen LogP contribution in [0, 0.1) is 0 Å². The largest absolute Gasteiger partial charge is 0.352 e. The predicted octanol–water partition coefficient (Wildman–Crippen LogP) is 2.98. The zero-order chi connectivity index (χ0) is 11.4. The molecule has 1 fully saturated rings. The Hall–Kier alpha value is -0.830. The van der Waals surface area contributed by atoms with Gasteiger partial charge >= 0.3 is 0 Å². The first-order chi connectivity index (χ1) is 7.85. The average molecular weight is 240 g/mol. The van der Waals surface area contributed by atoms with Crippen LogP contribution >= 0.6 is 11.6 Å². The third-order valence-corrected chi connectivity index (χ3v) is 3.50. The van der Waals surface area contributed by atoms with E-state index < -0.39 is 0 Å². The van der Waals surface area contributed by atoms with E-state index in [0.29, 0.717) is 11.9 Å². The molecule has 0 amide bonds. The molecule has 1 aliphatic rings. The molecule has 0 aliphatic carbocycles. The number of alkyl halides is 1. The van der Waals surface area contributed by atoms with E-state index in [9.17, 15) is 0 Å². The number of hydrogen-bond donors (Lipinski definition) is 0. The average Bonchev–Trinajstić information content (AvgIpc) is 2.39. The minimum Gasteiger partial charge on any atom is -0.352 e. The topological polar surface area (TPSA) is 29.0 Å². The van der Waals surface area contributed by atoms with Gasteiger partial charge in [0.05, 0.1) is 24.0 Å². The lowest BCUT2D eigenvalue weighted by molar-refractivity contribution is 0.446. The summed E-state index contributed by atoms with van der Waals surface area (Å²) in [5.74, 6) is 1.44. The molecule has 1 aromatic heterocycles. The van der Waals surface area contributed by atoms with E-state index in [1.807, 2.05) is 6.20 Å². The molecule has 88 valence electrons. The van der Waals surface area contributed by atoms with Crippen LogP contribution in [0.25, 0.3) is 0 Å². The first-order valence-corrected chi connectivity index (χ1v) is 6.52. The van der Waals surface area contributed by atoms with Crippen molar-refractivity contribution >= 4 is 17.4 Å². The van der Waals surface area contributed by atoms with Crippen molar-refractivity contribution in [2.75, 3.05) is 11.4 Å². The van der Waals surface area contributed by atoms with Gasteiger partial charge in [-0.3, -0.25) is 4.98 Å². The number of piperidine rings is 1. The normalized spacial score (nSPS) is 21.1. The second kappa shape index (κ2) is 5.48. The van der Waals surface area contributed by atoms with Crippen molar-refractivity contribution in [1.82, 2.24) is 9.97 Å². The van der Waals surface area contributed by atoms with Crippen molar-refractivity contribution in [1.29, 1.82) is 0 Å². The number of hydrogen-bond acceptors (Lipinski definition) is 3. The van der Waals surface area contributed by atoms with Gasteiger partial charge in [-0.2, -0.15) is 0 Å². The highest BCUT2D eigenvalue weighted by Crippen LogP contribution is 2.24. The standard InChI is InChI=1S/C12H18ClN3/c1-2-11-5-3-4-6-16(11)12-9-14-10(7-13)8-15-12/h8-9,11H,2-7H2,1H3. The summed E-state index contributed by atoms with van der Waals surface area (Å²) in [6.45, 7) is 3.34. The highest BCUT2D eigenvalue weighted by Gasteiger charge is 2.21. The van der Waals surface area contributed by atoms with E-state index in [1.165, 1.54) is 25.7 Å². The van der Waals surface area contributed by atoms with Gasteiger partial charge in [-0.25, -0.2) is 4.98 Å². The summed E-state index contributed by atoms with van der Waals surface area (Å²) in [6.07, 6.45) is 8.68. The highest BCUT2D eigenvalue weighted by atomic mass is 35.5. The summed E-state index contributed by atoms with van der Waals surface area (Å²) < 4.78 is 0. The number of aromatic nitrogens is 2. The maximum atomic E-state index is 5.70. The van der Waals surface area contributed by atoms with Crippen LogP contribution in [0.2, 0.25) is 0 Å². The van der Waals surface area contributed by atoms with Crippen molar-refractivity contribution in [2.24, 2.45) is 0 Å². The molecule has 0 bridgehead atoms. The molecule has 0 aromatic carbocycles. The van der Waals surface area contributed by atoms with Crippen LogP contribution in [-0.2, 0) is 5.88 Å². The summed E-state index contributed by atoms with van der Waals surface area (Å²) >= 11 is 5.70. The van der Waals surface area contributed by atoms with E-state index in [0.717, 1.165) is 18.1 Å². The van der Waals surface area contributed by atoms with Gasteiger partial charge < -0.3 is 4.90 Å². The number of nitrogens with zero attached hydrogens (tertiary/aromatic N) is 3. The van der Waals surface area contributed by atoms with Crippen LogP contribution in [0.15, 0.2) is 12.4 Å². The van der Waals surface area contributed by atoms with Gasteiger partial charge in [0.15, 0.2) is 0 Å². The minimum absolute atomic E-state index is 0.435. The Balaban J connectivity index is 2.14. The van der Waals surface area contributed by atoms with Crippen LogP contribution in [0.1, 0.15) is 38.3 Å². The molecule has 1 aromatic rings. The molecule has 0 spiro atoms. The first-order valence-electron chi connectivity index (χ1n) is 5.98. The van der Waals surface area contributed by atoms with Gasteiger partial charge in [-0.1, -0.05) is 6.92 Å². The molecule has 0 N–H and O–H groups in total. The van der Waals surface area contributed by atoms with Crippen LogP contribution in [0.3, 0.4) is 0 Å². The van der Waals surface area contributed by atoms with E-state index in [4.69, 9.17) is 11.6 Å². The molecule has 0 radical (unpaired) electrons. The molecule has 1 unspecified atom stereocenters. The molecule has 1 saturated heterocycles. The molecule has 1 aliphatic heterocycles. The van der Waals surface area contributed by atoms with E-state index in [2.05, 4.69) is 21.8 Å². The van der Waals surface area contributed by atoms with Gasteiger partial charge in [-0.15, -0.1) is 11.6 Å². The summed E-state index contributed by atoms with van der Waals surface area (Å²) in [5, 5.41) is 0. The minimum atomic E-state index is 0.435. The second-order valence-electron chi connectivity index (χ2n) is 4.25. The summed E-state index contributed by atoms with van der Waals surface area (Å²) in [5.41, 5.74) is 0.843. The Labute approximate surface area is 102 Å². The van der Waals surface area contributed by atoms with E-state index in [1.54, 1.807) is 6.20 Å². The lowest BCUT2D eigenvalue weighted by atomic mass is 10.0. The molecular formula is C12H18ClN3. The van der Waals surface area contributed by atoms with Crippen LogP contribution in [0.5, 0.6) is 0 Å². The fourth-order valence-corrected chi connectivity index (χ4v) is 2.43. The van der Waals surface area contributed by atoms with E-state index >= 15 is 0 Å². The maximum Gasteiger partial charge on any atom is 0.147 e. The van der Waals surface area contributed by atoms with Gasteiger partial charge in [0.2, 0.25) is 0 Å². The van der Waals surface area contributed by atoms with Gasteiger partial charge in [0.1, 0.15) is 5.82 Å². The van der Waals surface area contributed by atoms with Crippen molar-refractivity contribution in [3.63, 3.8) is 0 Å². The van der Waals surface area contributed by atoms with Crippen molar-refractivity contribution < 1.29 is 0 Å². The molecule has 0 saturated carbocycles. The predicted molar refractivity (Wildman–Crippen MR) is 66.9 cm³/mol. The lowest BCUT2D eigenvalue weighted by Crippen LogP contribution is -2.39. The molecule has 3 nitrogen and oxygen atoms in total.